The van der Waals surface area contributed by atoms with Crippen LogP contribution in [-0.4, -0.2) is 51.5 Å². The molecule has 1 fully saturated rings. The molecule has 1 aliphatic rings. The Hall–Kier alpha value is -2.24. The number of benzene rings is 1. The van der Waals surface area contributed by atoms with Gasteiger partial charge in [0.15, 0.2) is 0 Å². The Bertz CT molecular complexity index is 832. The Morgan fingerprint density at radius 1 is 1.13 bits per heavy atom. The van der Waals surface area contributed by atoms with Gasteiger partial charge in [-0.05, 0) is 40.4 Å². The first-order chi connectivity index (χ1) is 14.4. The average Bonchev–Trinajstić information content (AvgIpc) is 2.67. The van der Waals surface area contributed by atoms with E-state index < -0.39 is 0 Å². The molecule has 0 aliphatic carbocycles. The molecule has 0 bridgehead atoms. The van der Waals surface area contributed by atoms with E-state index in [-0.39, 0.29) is 22.0 Å². The molecule has 1 aromatic carbocycles. The molecule has 31 heavy (non-hydrogen) atoms. The van der Waals surface area contributed by atoms with E-state index in [1.807, 2.05) is 4.90 Å². The van der Waals surface area contributed by atoms with Crippen LogP contribution in [-0.2, 0) is 22.0 Å². The lowest BCUT2D eigenvalue weighted by atomic mass is 9.78. The summed E-state index contributed by atoms with van der Waals surface area (Å²) in [4.78, 5) is 16.5. The third-order valence-electron chi connectivity index (χ3n) is 5.60. The van der Waals surface area contributed by atoms with E-state index in [1.54, 1.807) is 11.8 Å². The molecule has 1 amide bonds. The van der Waals surface area contributed by atoms with Crippen molar-refractivity contribution in [1.29, 1.82) is 0 Å². The van der Waals surface area contributed by atoms with Crippen molar-refractivity contribution in [3.05, 3.63) is 28.8 Å². The monoisotopic (exact) mass is 440 g/mol. The van der Waals surface area contributed by atoms with Gasteiger partial charge in [-0.25, -0.2) is 0 Å². The summed E-state index contributed by atoms with van der Waals surface area (Å²) in [5, 5.41) is 10.8. The van der Waals surface area contributed by atoms with Crippen LogP contribution in [0.4, 0.5) is 0 Å². The van der Waals surface area contributed by atoms with E-state index in [1.165, 1.54) is 4.90 Å². The van der Waals surface area contributed by atoms with Crippen LogP contribution in [0, 0.1) is 24.9 Å². The van der Waals surface area contributed by atoms with Gasteiger partial charge in [-0.2, -0.15) is 0 Å². The molecule has 4 nitrogen and oxygen atoms in total. The SMILES string of the molecule is C#CN(C#C)CCCN1CCSC(Cc2cc(C(C)(C)C)c(O)c(C(C)(C)C)c2)C1=O. The van der Waals surface area contributed by atoms with Gasteiger partial charge >= 0.3 is 0 Å². The normalized spacial score (nSPS) is 17.2. The van der Waals surface area contributed by atoms with Crippen LogP contribution in [0.2, 0.25) is 0 Å². The minimum absolute atomic E-state index is 0.115. The molecule has 0 spiro atoms. The van der Waals surface area contributed by atoms with Crippen molar-refractivity contribution >= 4 is 17.7 Å². The second kappa shape index (κ2) is 9.92. The Morgan fingerprint density at radius 2 is 1.68 bits per heavy atom. The van der Waals surface area contributed by atoms with Crippen LogP contribution >= 0.6 is 11.8 Å². The third kappa shape index (κ3) is 6.37. The van der Waals surface area contributed by atoms with Gasteiger partial charge in [0.1, 0.15) is 5.75 Å². The summed E-state index contributed by atoms with van der Waals surface area (Å²) in [7, 11) is 0. The predicted octanol–water partition coefficient (Wildman–Crippen LogP) is 4.35. The smallest absolute Gasteiger partial charge is 0.236 e. The molecular formula is C26H36N2O2S. The molecule has 1 aromatic rings. The average molecular weight is 441 g/mol. The highest BCUT2D eigenvalue weighted by atomic mass is 32.2. The molecule has 1 heterocycles. The fraction of sp³-hybridized carbons (Fsp3) is 0.577. The topological polar surface area (TPSA) is 43.8 Å². The summed E-state index contributed by atoms with van der Waals surface area (Å²) in [5.41, 5.74) is 2.60. The van der Waals surface area contributed by atoms with Gasteiger partial charge in [0.2, 0.25) is 5.91 Å². The molecular weight excluding hydrogens is 404 g/mol. The Labute approximate surface area is 192 Å². The van der Waals surface area contributed by atoms with Crippen molar-refractivity contribution in [2.24, 2.45) is 0 Å². The number of amides is 1. The van der Waals surface area contributed by atoms with Crippen molar-refractivity contribution in [3.63, 3.8) is 0 Å². The minimum atomic E-state index is -0.185. The van der Waals surface area contributed by atoms with Crippen LogP contribution in [0.25, 0.3) is 0 Å². The van der Waals surface area contributed by atoms with E-state index in [0.717, 1.165) is 35.4 Å². The van der Waals surface area contributed by atoms with Gasteiger partial charge in [0.05, 0.1) is 5.25 Å². The fourth-order valence-electron chi connectivity index (χ4n) is 3.81. The highest BCUT2D eigenvalue weighted by Crippen LogP contribution is 2.40. The van der Waals surface area contributed by atoms with E-state index in [4.69, 9.17) is 12.8 Å². The molecule has 1 aliphatic heterocycles. The maximum atomic E-state index is 13.1. The van der Waals surface area contributed by atoms with Crippen molar-refractivity contribution < 1.29 is 9.90 Å². The summed E-state index contributed by atoms with van der Waals surface area (Å²) < 4.78 is 0. The van der Waals surface area contributed by atoms with E-state index >= 15 is 0 Å². The number of rotatable bonds is 6. The van der Waals surface area contributed by atoms with E-state index in [2.05, 4.69) is 65.8 Å². The first kappa shape index (κ1) is 25.0. The molecule has 168 valence electrons. The summed E-state index contributed by atoms with van der Waals surface area (Å²) >= 11 is 1.72. The number of phenolic OH excluding ortho intramolecular Hbond substituents is 1. The quantitative estimate of drug-likeness (QED) is 0.528. The number of hydrogen-bond donors (Lipinski definition) is 1. The van der Waals surface area contributed by atoms with Crippen molar-refractivity contribution in [1.82, 2.24) is 9.80 Å². The van der Waals surface area contributed by atoms with E-state index in [9.17, 15) is 9.90 Å². The number of terminal acetylenes is 2. The van der Waals surface area contributed by atoms with Gasteiger partial charge in [0, 0.05) is 37.5 Å². The van der Waals surface area contributed by atoms with Gasteiger partial charge in [0.25, 0.3) is 0 Å². The highest BCUT2D eigenvalue weighted by molar-refractivity contribution is 8.00. The van der Waals surface area contributed by atoms with Crippen LogP contribution in [0.15, 0.2) is 12.1 Å². The van der Waals surface area contributed by atoms with Gasteiger partial charge in [-0.15, -0.1) is 11.8 Å². The number of aromatic hydroxyl groups is 1. The van der Waals surface area contributed by atoms with Crippen LogP contribution in [0.1, 0.15) is 64.7 Å². The van der Waals surface area contributed by atoms with Crippen molar-refractivity contribution in [2.45, 2.75) is 70.5 Å². The second-order valence-corrected chi connectivity index (χ2v) is 11.5. The summed E-state index contributed by atoms with van der Waals surface area (Å²) in [5.74, 6) is 1.47. The number of hydrogen-bond acceptors (Lipinski definition) is 4. The van der Waals surface area contributed by atoms with Gasteiger partial charge in [-0.3, -0.25) is 9.69 Å². The zero-order valence-electron chi connectivity index (χ0n) is 19.8. The first-order valence-corrected chi connectivity index (χ1v) is 11.9. The molecule has 0 saturated carbocycles. The highest BCUT2D eigenvalue weighted by Gasteiger charge is 2.31. The predicted molar refractivity (Wildman–Crippen MR) is 131 cm³/mol. The second-order valence-electron chi connectivity index (χ2n) is 10.2. The zero-order valence-corrected chi connectivity index (χ0v) is 20.6. The molecule has 2 rings (SSSR count). The number of carbonyl (C=O) groups excluding carboxylic acids is 1. The molecule has 0 radical (unpaired) electrons. The van der Waals surface area contributed by atoms with E-state index in [0.29, 0.717) is 25.3 Å². The summed E-state index contributed by atoms with van der Waals surface area (Å²) in [6.45, 7) is 14.6. The van der Waals surface area contributed by atoms with Crippen molar-refractivity contribution in [2.75, 3.05) is 25.4 Å². The fourth-order valence-corrected chi connectivity index (χ4v) is 5.03. The maximum absolute atomic E-state index is 13.1. The maximum Gasteiger partial charge on any atom is 0.236 e. The summed E-state index contributed by atoms with van der Waals surface area (Å²) in [6.07, 6.45) is 12.1. The Kier molecular flexibility index (Phi) is 8.01. The van der Waals surface area contributed by atoms with Gasteiger partial charge in [-0.1, -0.05) is 66.5 Å². The number of phenols is 1. The number of nitrogens with zero attached hydrogens (tertiary/aromatic N) is 2. The molecule has 1 unspecified atom stereocenters. The standard InChI is InChI=1S/C26H36N2O2S/c1-9-27(10-2)12-11-13-28-14-15-31-22(24(28)30)18-19-16-20(25(3,4)5)23(29)21(17-19)26(6,7)8/h1-2,16-17,22,29H,11-15,18H2,3-8H3. The lowest BCUT2D eigenvalue weighted by Crippen LogP contribution is -2.45. The lowest BCUT2D eigenvalue weighted by molar-refractivity contribution is -0.130. The molecule has 5 heteroatoms. The molecule has 1 N–H and O–H groups in total. The lowest BCUT2D eigenvalue weighted by Gasteiger charge is -2.33. The minimum Gasteiger partial charge on any atom is -0.507 e. The third-order valence-corrected chi connectivity index (χ3v) is 6.78. The van der Waals surface area contributed by atoms with Crippen LogP contribution in [0.3, 0.4) is 0 Å². The number of carbonyl (C=O) groups is 1. The molecule has 1 atom stereocenters. The van der Waals surface area contributed by atoms with Crippen LogP contribution < -0.4 is 0 Å². The zero-order chi connectivity index (χ0) is 23.4. The molecule has 1 saturated heterocycles. The number of thioether (sulfide) groups is 1. The van der Waals surface area contributed by atoms with Crippen molar-refractivity contribution in [3.8, 4) is 30.7 Å². The largest absolute Gasteiger partial charge is 0.507 e. The summed E-state index contributed by atoms with van der Waals surface area (Å²) in [6, 6.07) is 9.06. The van der Waals surface area contributed by atoms with Gasteiger partial charge < -0.3 is 10.0 Å². The Morgan fingerprint density at radius 3 is 2.16 bits per heavy atom. The first-order valence-electron chi connectivity index (χ1n) is 10.9. The molecule has 0 aromatic heterocycles. The Balaban J connectivity index is 2.20. The van der Waals surface area contributed by atoms with Crippen LogP contribution in [0.5, 0.6) is 5.75 Å².